The molecule has 5 aliphatic heterocycles. The van der Waals surface area contributed by atoms with Crippen molar-refractivity contribution in [3.8, 4) is 0 Å². The highest BCUT2D eigenvalue weighted by molar-refractivity contribution is 5.26. The molecule has 0 aromatic heterocycles. The van der Waals surface area contributed by atoms with Crippen LogP contribution < -0.4 is 0 Å². The van der Waals surface area contributed by atoms with E-state index in [1.165, 1.54) is 0 Å². The molecule has 372 valence electrons. The number of ether oxygens (including phenoxy) is 8. The van der Waals surface area contributed by atoms with Crippen molar-refractivity contribution in [1.29, 1.82) is 0 Å². The quantitative estimate of drug-likeness (QED) is 0.102. The zero-order valence-corrected chi connectivity index (χ0v) is 38.8. The van der Waals surface area contributed by atoms with Crippen LogP contribution in [-0.4, -0.2) is 187 Å². The molecule has 65 heavy (non-hydrogen) atoms. The average Bonchev–Trinajstić information content (AvgIpc) is 3.86. The van der Waals surface area contributed by atoms with Crippen LogP contribution >= 0.6 is 0 Å². The summed E-state index contributed by atoms with van der Waals surface area (Å²) in [5.41, 5.74) is -0.668. The maximum absolute atomic E-state index is 12.2. The van der Waals surface area contributed by atoms with Gasteiger partial charge in [-0.25, -0.2) is 0 Å². The Morgan fingerprint density at radius 3 is 1.86 bits per heavy atom. The summed E-state index contributed by atoms with van der Waals surface area (Å²) in [6.07, 6.45) is -14.0. The molecule has 0 unspecified atom stereocenters. The number of hydrogen-bond donors (Lipinski definition) is 10. The van der Waals surface area contributed by atoms with Crippen molar-refractivity contribution >= 4 is 0 Å². The van der Waals surface area contributed by atoms with Gasteiger partial charge in [0, 0.05) is 24.2 Å². The van der Waals surface area contributed by atoms with Crippen LogP contribution in [0, 0.1) is 45.3 Å². The fourth-order valence-electron chi connectivity index (χ4n) is 15.9. The van der Waals surface area contributed by atoms with Gasteiger partial charge in [0.1, 0.15) is 67.1 Å². The highest BCUT2D eigenvalue weighted by Gasteiger charge is 2.81. The minimum Gasteiger partial charge on any atom is -0.394 e. The number of aliphatic hydroxyl groups excluding tert-OH is 9. The molecule has 2 bridgehead atoms. The van der Waals surface area contributed by atoms with Gasteiger partial charge in [-0.3, -0.25) is 0 Å². The van der Waals surface area contributed by atoms with Gasteiger partial charge in [0.25, 0.3) is 0 Å². The summed E-state index contributed by atoms with van der Waals surface area (Å²) < 4.78 is 50.9. The summed E-state index contributed by atoms with van der Waals surface area (Å²) in [5.74, 6) is -0.184. The lowest BCUT2D eigenvalue weighted by atomic mass is 9.35. The predicted octanol–water partition coefficient (Wildman–Crippen LogP) is -0.0333. The van der Waals surface area contributed by atoms with Gasteiger partial charge in [-0.2, -0.15) is 0 Å². The number of aliphatic hydroxyl groups is 10. The molecular weight excluding hydrogens is 852 g/mol. The molecule has 0 aromatic rings. The van der Waals surface area contributed by atoms with Crippen molar-refractivity contribution in [2.45, 2.75) is 209 Å². The Labute approximate surface area is 381 Å². The second-order valence-corrected chi connectivity index (χ2v) is 22.9. The summed E-state index contributed by atoms with van der Waals surface area (Å²) in [6, 6.07) is 0. The zero-order valence-electron chi connectivity index (χ0n) is 38.8. The second-order valence-electron chi connectivity index (χ2n) is 22.9. The standard InChI is InChI=1S/C47H76O18/c1-21(2)14-22-15-45(7,57)38-23-8-9-28-43(5)12-11-29(42(3,4)27(43)10-13-44(28,6)46(23)19-47(38,65-22)58-20-46)62-41-37(64-39-34(55)31(52)25(17-49)60-39)36(32(53)26(18-50)61-41)63-40-35(56)33(54)30(51)24(16-48)59-40/h14,22-41,48-57H,8-13,15-20H2,1-7H3/t22-,23+,24+,25-,26+,27-,28+,29-,30+,31-,32+,33-,34+,35+,36-,37+,38-,39-,40-,41-,43-,44+,45-,46-,47-/m0/s1. The molecule has 0 amide bonds. The monoisotopic (exact) mass is 929 g/mol. The lowest BCUT2D eigenvalue weighted by molar-refractivity contribution is -0.387. The topological polar surface area (TPSA) is 276 Å². The lowest BCUT2D eigenvalue weighted by Crippen LogP contribution is -2.68. The first-order valence-corrected chi connectivity index (χ1v) is 24.1. The molecule has 2 spiro atoms. The third-order valence-electron chi connectivity index (χ3n) is 18.8. The summed E-state index contributed by atoms with van der Waals surface area (Å²) in [5, 5.41) is 108. The van der Waals surface area contributed by atoms with Gasteiger partial charge in [-0.05, 0) is 93.3 Å². The molecule has 0 radical (unpaired) electrons. The largest absolute Gasteiger partial charge is 0.394 e. The minimum atomic E-state index is -1.86. The highest BCUT2D eigenvalue weighted by Crippen LogP contribution is 2.80. The lowest BCUT2D eigenvalue weighted by Gasteiger charge is -2.70. The highest BCUT2D eigenvalue weighted by atomic mass is 16.8. The average molecular weight is 929 g/mol. The summed E-state index contributed by atoms with van der Waals surface area (Å²) >= 11 is 0. The Kier molecular flexibility index (Phi) is 12.9. The van der Waals surface area contributed by atoms with Crippen molar-refractivity contribution in [1.82, 2.24) is 0 Å². The third-order valence-corrected chi connectivity index (χ3v) is 18.8. The van der Waals surface area contributed by atoms with Gasteiger partial charge in [-0.1, -0.05) is 39.3 Å². The number of rotatable bonds is 10. The maximum Gasteiger partial charge on any atom is 0.187 e. The fourth-order valence-corrected chi connectivity index (χ4v) is 15.9. The summed E-state index contributed by atoms with van der Waals surface area (Å²) in [4.78, 5) is 0. The molecule has 9 rings (SSSR count). The van der Waals surface area contributed by atoms with E-state index in [1.807, 2.05) is 6.92 Å². The molecule has 4 saturated carbocycles. The number of fused-ring (bicyclic) bond motifs is 4. The minimum absolute atomic E-state index is 0.0960. The normalized spacial score (nSPS) is 56.9. The van der Waals surface area contributed by atoms with Crippen molar-refractivity contribution in [3.63, 3.8) is 0 Å². The van der Waals surface area contributed by atoms with Gasteiger partial charge in [-0.15, -0.1) is 0 Å². The van der Waals surface area contributed by atoms with Crippen molar-refractivity contribution in [3.05, 3.63) is 11.6 Å². The van der Waals surface area contributed by atoms with Crippen LogP contribution in [0.1, 0.15) is 99.8 Å². The first-order chi connectivity index (χ1) is 30.5. The Morgan fingerprint density at radius 2 is 1.23 bits per heavy atom. The van der Waals surface area contributed by atoms with Crippen LogP contribution in [0.25, 0.3) is 0 Å². The van der Waals surface area contributed by atoms with Crippen LogP contribution in [0.2, 0.25) is 0 Å². The Hall–Kier alpha value is -0.980. The van der Waals surface area contributed by atoms with Crippen LogP contribution in [0.5, 0.6) is 0 Å². The zero-order chi connectivity index (χ0) is 47.0. The molecule has 18 nitrogen and oxygen atoms in total. The number of hydrogen-bond acceptors (Lipinski definition) is 18. The van der Waals surface area contributed by atoms with Gasteiger partial charge < -0.3 is 89.0 Å². The van der Waals surface area contributed by atoms with Gasteiger partial charge in [0.05, 0.1) is 44.2 Å². The van der Waals surface area contributed by atoms with E-state index in [-0.39, 0.29) is 40.1 Å². The van der Waals surface area contributed by atoms with Crippen LogP contribution in [-0.2, 0) is 37.9 Å². The van der Waals surface area contributed by atoms with Gasteiger partial charge in [0.15, 0.2) is 24.7 Å². The van der Waals surface area contributed by atoms with Crippen molar-refractivity contribution in [2.75, 3.05) is 26.4 Å². The smallest absolute Gasteiger partial charge is 0.187 e. The van der Waals surface area contributed by atoms with E-state index in [0.717, 1.165) is 44.1 Å². The van der Waals surface area contributed by atoms with Gasteiger partial charge in [0.2, 0.25) is 0 Å². The van der Waals surface area contributed by atoms with Crippen molar-refractivity contribution < 1.29 is 89.0 Å². The van der Waals surface area contributed by atoms with E-state index in [1.54, 1.807) is 0 Å². The third kappa shape index (κ3) is 7.40. The number of allylic oxidation sites excluding steroid dienone is 1. The second kappa shape index (κ2) is 17.1. The summed E-state index contributed by atoms with van der Waals surface area (Å²) in [7, 11) is 0. The van der Waals surface area contributed by atoms with E-state index in [2.05, 4.69) is 47.6 Å². The van der Waals surface area contributed by atoms with E-state index in [0.29, 0.717) is 25.4 Å². The summed E-state index contributed by atoms with van der Waals surface area (Å²) in [6.45, 7) is 13.9. The molecule has 25 atom stereocenters. The Bertz CT molecular complexity index is 1760. The van der Waals surface area contributed by atoms with Crippen molar-refractivity contribution in [2.24, 2.45) is 45.3 Å². The van der Waals surface area contributed by atoms with E-state index < -0.39 is 129 Å². The van der Waals surface area contributed by atoms with E-state index >= 15 is 0 Å². The molecule has 10 N–H and O–H groups in total. The fraction of sp³-hybridized carbons (Fsp3) is 0.957. The van der Waals surface area contributed by atoms with Crippen LogP contribution in [0.4, 0.5) is 0 Å². The Balaban J connectivity index is 0.991. The first-order valence-electron chi connectivity index (χ1n) is 24.1. The first kappa shape index (κ1) is 49.0. The SMILES string of the molecule is CC(C)=C[C@H]1C[C@](C)(O)[C@@H]2[C@H]3CC[C@@H]4[C@@]5(C)CC[C@H](O[C@@H]6O[C@H](CO)[C@@H](O)[C@H](O[C@@H]7O[C@H](CO)[C@@H](O)[C@H](O)[C@H]7O)[C@H]6O[C@@H]6O[C@@H](CO)[C@H](O)[C@H]6O)C(C)(C)[C@@H]5CC[C@@]4(C)[C@@]34CO[C@@]2(C4)O1. The molecule has 18 heteroatoms. The van der Waals surface area contributed by atoms with Gasteiger partial charge >= 0.3 is 0 Å². The molecule has 5 heterocycles. The van der Waals surface area contributed by atoms with Crippen LogP contribution in [0.3, 0.4) is 0 Å². The predicted molar refractivity (Wildman–Crippen MR) is 225 cm³/mol. The molecule has 4 aliphatic carbocycles. The molecule has 5 saturated heterocycles. The Morgan fingerprint density at radius 1 is 0.646 bits per heavy atom. The van der Waals surface area contributed by atoms with E-state index in [9.17, 15) is 51.1 Å². The molecule has 9 fully saturated rings. The molecular formula is C47H76O18. The molecule has 0 aromatic carbocycles. The maximum atomic E-state index is 12.2. The van der Waals surface area contributed by atoms with E-state index in [4.69, 9.17) is 37.9 Å². The molecule has 9 aliphatic rings. The van der Waals surface area contributed by atoms with Crippen LogP contribution in [0.15, 0.2) is 11.6 Å².